The van der Waals surface area contributed by atoms with Crippen LogP contribution in [0.1, 0.15) is 0 Å². The third kappa shape index (κ3) is 2.26. The maximum Gasteiger partial charge on any atom is 0.161 e. The quantitative estimate of drug-likeness (QED) is 0.505. The first-order valence-electron chi connectivity index (χ1n) is 8.84. The Bertz CT molecular complexity index is 1480. The van der Waals surface area contributed by atoms with Gasteiger partial charge in [0.05, 0.1) is 5.52 Å². The van der Waals surface area contributed by atoms with Crippen molar-refractivity contribution in [3.05, 3.63) is 73.6 Å². The lowest BCUT2D eigenvalue weighted by molar-refractivity contribution is 0.963. The summed E-state index contributed by atoms with van der Waals surface area (Å²) in [6.07, 6.45) is 9.10. The van der Waals surface area contributed by atoms with Crippen LogP contribution in [0.3, 0.4) is 0 Å². The van der Waals surface area contributed by atoms with Crippen LogP contribution in [0.2, 0.25) is 0 Å². The summed E-state index contributed by atoms with van der Waals surface area (Å²) in [4.78, 5) is 21.2. The molecule has 0 spiro atoms. The number of nitrogens with one attached hydrogen (secondary N) is 1. The van der Waals surface area contributed by atoms with E-state index < -0.39 is 0 Å². The largest absolute Gasteiger partial charge is 0.345 e. The van der Waals surface area contributed by atoms with Crippen LogP contribution in [-0.4, -0.2) is 34.5 Å². The standard InChI is InChI=1S/C21H13N7/c1-2-13-8-14(3-5-18(13)22-7-1)20-23-10-17-16(9-24-21(17)27-20)15-4-6-19-25-12-26-28(19)11-15/h1-12H,(H,23,24,27). The number of hydrogen-bond donors (Lipinski definition) is 1. The average molecular weight is 363 g/mol. The molecule has 0 unspecified atom stereocenters. The molecule has 0 saturated heterocycles. The Labute approximate surface area is 158 Å². The van der Waals surface area contributed by atoms with Crippen LogP contribution in [0.25, 0.3) is 50.1 Å². The van der Waals surface area contributed by atoms with Gasteiger partial charge in [0, 0.05) is 52.3 Å². The Balaban J connectivity index is 1.46. The molecule has 6 rings (SSSR count). The van der Waals surface area contributed by atoms with E-state index in [-0.39, 0.29) is 0 Å². The van der Waals surface area contributed by atoms with Gasteiger partial charge < -0.3 is 4.98 Å². The van der Waals surface area contributed by atoms with Gasteiger partial charge in [-0.3, -0.25) is 4.98 Å². The maximum absolute atomic E-state index is 4.73. The minimum atomic E-state index is 0.679. The second kappa shape index (κ2) is 5.68. The van der Waals surface area contributed by atoms with Crippen LogP contribution < -0.4 is 0 Å². The molecule has 0 radical (unpaired) electrons. The van der Waals surface area contributed by atoms with Crippen molar-refractivity contribution in [3.63, 3.8) is 0 Å². The second-order valence-corrected chi connectivity index (χ2v) is 6.55. The lowest BCUT2D eigenvalue weighted by Gasteiger charge is -2.03. The molecule has 7 nitrogen and oxygen atoms in total. The zero-order valence-corrected chi connectivity index (χ0v) is 14.6. The molecule has 1 N–H and O–H groups in total. The molecule has 0 aliphatic heterocycles. The first-order chi connectivity index (χ1) is 13.8. The summed E-state index contributed by atoms with van der Waals surface area (Å²) >= 11 is 0. The smallest absolute Gasteiger partial charge is 0.161 e. The highest BCUT2D eigenvalue weighted by Crippen LogP contribution is 2.29. The molecule has 0 fully saturated rings. The SMILES string of the molecule is c1cnc2ccc(-c3ncc4c(-c5ccc6ncnn6c5)c[nH]c4n3)cc2c1. The predicted octanol–water partition coefficient (Wildman–Crippen LogP) is 3.88. The first kappa shape index (κ1) is 15.0. The molecule has 0 aliphatic rings. The van der Waals surface area contributed by atoms with E-state index in [2.05, 4.69) is 31.1 Å². The summed E-state index contributed by atoms with van der Waals surface area (Å²) < 4.78 is 1.76. The van der Waals surface area contributed by atoms with E-state index in [9.17, 15) is 0 Å². The van der Waals surface area contributed by atoms with Crippen molar-refractivity contribution in [1.82, 2.24) is 34.5 Å². The molecule has 0 saturated carbocycles. The van der Waals surface area contributed by atoms with Crippen molar-refractivity contribution in [2.24, 2.45) is 0 Å². The molecule has 5 aromatic heterocycles. The van der Waals surface area contributed by atoms with Gasteiger partial charge in [-0.2, -0.15) is 5.10 Å². The summed E-state index contributed by atoms with van der Waals surface area (Å²) in [6, 6.07) is 14.0. The van der Waals surface area contributed by atoms with Crippen LogP contribution in [0, 0.1) is 0 Å². The number of fused-ring (bicyclic) bond motifs is 3. The van der Waals surface area contributed by atoms with Gasteiger partial charge in [0.25, 0.3) is 0 Å². The number of benzene rings is 1. The van der Waals surface area contributed by atoms with Crippen molar-refractivity contribution in [2.75, 3.05) is 0 Å². The van der Waals surface area contributed by atoms with E-state index in [0.29, 0.717) is 5.82 Å². The fourth-order valence-corrected chi connectivity index (χ4v) is 3.48. The Morgan fingerprint density at radius 3 is 2.89 bits per heavy atom. The highest BCUT2D eigenvalue weighted by Gasteiger charge is 2.11. The summed E-state index contributed by atoms with van der Waals surface area (Å²) in [5, 5.41) is 6.24. The summed E-state index contributed by atoms with van der Waals surface area (Å²) in [6.45, 7) is 0. The van der Waals surface area contributed by atoms with E-state index in [1.807, 2.05) is 55.0 Å². The summed E-state index contributed by atoms with van der Waals surface area (Å²) in [5.41, 5.74) is 5.58. The third-order valence-electron chi connectivity index (χ3n) is 4.88. The van der Waals surface area contributed by atoms with Crippen molar-refractivity contribution in [3.8, 4) is 22.5 Å². The molecule has 7 heteroatoms. The Kier molecular flexibility index (Phi) is 3.04. The number of nitrogens with zero attached hydrogens (tertiary/aromatic N) is 6. The number of aromatic amines is 1. The normalized spacial score (nSPS) is 11.6. The zero-order valence-electron chi connectivity index (χ0n) is 14.6. The molecule has 1 aromatic carbocycles. The molecule has 0 aliphatic carbocycles. The summed E-state index contributed by atoms with van der Waals surface area (Å²) in [7, 11) is 0. The molecule has 0 bridgehead atoms. The monoisotopic (exact) mass is 363 g/mol. The molecular weight excluding hydrogens is 350 g/mol. The molecule has 28 heavy (non-hydrogen) atoms. The Hall–Kier alpha value is -4.13. The van der Waals surface area contributed by atoms with Crippen molar-refractivity contribution < 1.29 is 0 Å². The van der Waals surface area contributed by atoms with Crippen molar-refractivity contribution in [1.29, 1.82) is 0 Å². The van der Waals surface area contributed by atoms with E-state index in [0.717, 1.165) is 44.3 Å². The lowest BCUT2D eigenvalue weighted by atomic mass is 10.1. The minimum Gasteiger partial charge on any atom is -0.345 e. The van der Waals surface area contributed by atoms with E-state index in [1.165, 1.54) is 0 Å². The van der Waals surface area contributed by atoms with Crippen LogP contribution in [0.5, 0.6) is 0 Å². The topological polar surface area (TPSA) is 84.6 Å². The van der Waals surface area contributed by atoms with Crippen molar-refractivity contribution in [2.45, 2.75) is 0 Å². The van der Waals surface area contributed by atoms with Crippen LogP contribution >= 0.6 is 0 Å². The van der Waals surface area contributed by atoms with Gasteiger partial charge in [0.2, 0.25) is 0 Å². The van der Waals surface area contributed by atoms with Gasteiger partial charge in [-0.05, 0) is 36.4 Å². The predicted molar refractivity (Wildman–Crippen MR) is 107 cm³/mol. The summed E-state index contributed by atoms with van der Waals surface area (Å²) in [5.74, 6) is 0.679. The molecule has 0 atom stereocenters. The number of aromatic nitrogens is 7. The fourth-order valence-electron chi connectivity index (χ4n) is 3.48. The number of pyridine rings is 2. The van der Waals surface area contributed by atoms with E-state index in [1.54, 1.807) is 17.0 Å². The third-order valence-corrected chi connectivity index (χ3v) is 4.88. The van der Waals surface area contributed by atoms with E-state index in [4.69, 9.17) is 4.98 Å². The van der Waals surface area contributed by atoms with Gasteiger partial charge in [-0.25, -0.2) is 19.5 Å². The average Bonchev–Trinajstić information content (AvgIpc) is 3.39. The van der Waals surface area contributed by atoms with Crippen LogP contribution in [0.15, 0.2) is 73.6 Å². The van der Waals surface area contributed by atoms with Gasteiger partial charge in [-0.1, -0.05) is 6.07 Å². The van der Waals surface area contributed by atoms with E-state index >= 15 is 0 Å². The second-order valence-electron chi connectivity index (χ2n) is 6.55. The van der Waals surface area contributed by atoms with Crippen LogP contribution in [-0.2, 0) is 0 Å². The molecule has 0 amide bonds. The molecule has 5 heterocycles. The fraction of sp³-hybridized carbons (Fsp3) is 0. The zero-order chi connectivity index (χ0) is 18.5. The van der Waals surface area contributed by atoms with Gasteiger partial charge in [-0.15, -0.1) is 0 Å². The highest BCUT2D eigenvalue weighted by atomic mass is 15.3. The van der Waals surface area contributed by atoms with Crippen LogP contribution in [0.4, 0.5) is 0 Å². The Morgan fingerprint density at radius 2 is 1.89 bits per heavy atom. The Morgan fingerprint density at radius 1 is 0.929 bits per heavy atom. The molecular formula is C21H13N7. The first-order valence-corrected chi connectivity index (χ1v) is 8.84. The number of rotatable bonds is 2. The molecule has 6 aromatic rings. The lowest BCUT2D eigenvalue weighted by Crippen LogP contribution is -1.91. The molecule has 132 valence electrons. The number of H-pyrrole nitrogens is 1. The van der Waals surface area contributed by atoms with Gasteiger partial charge in [0.15, 0.2) is 11.5 Å². The van der Waals surface area contributed by atoms with Gasteiger partial charge >= 0.3 is 0 Å². The minimum absolute atomic E-state index is 0.679. The maximum atomic E-state index is 4.73. The number of hydrogen-bond acceptors (Lipinski definition) is 5. The highest BCUT2D eigenvalue weighted by molar-refractivity contribution is 5.94. The van der Waals surface area contributed by atoms with Gasteiger partial charge in [0.1, 0.15) is 12.0 Å². The van der Waals surface area contributed by atoms with Crippen molar-refractivity contribution >= 4 is 27.6 Å².